The molecule has 0 aliphatic heterocycles. The fraction of sp³-hybridized carbons (Fsp3) is 0.154. The molecule has 0 radical (unpaired) electrons. The lowest BCUT2D eigenvalue weighted by atomic mass is 10.1. The Hall–Kier alpha value is -1.92. The molecule has 2 N–H and O–H groups in total. The summed E-state index contributed by atoms with van der Waals surface area (Å²) in [7, 11) is 0. The minimum absolute atomic E-state index is 0.144. The zero-order valence-corrected chi connectivity index (χ0v) is 12.1. The molecule has 7 heteroatoms. The van der Waals surface area contributed by atoms with Crippen molar-refractivity contribution in [2.45, 2.75) is 13.3 Å². The van der Waals surface area contributed by atoms with Gasteiger partial charge in [-0.25, -0.2) is 4.98 Å². The fourth-order valence-corrected chi connectivity index (χ4v) is 2.79. The van der Waals surface area contributed by atoms with E-state index in [9.17, 15) is 9.59 Å². The summed E-state index contributed by atoms with van der Waals surface area (Å²) in [6.45, 7) is 1.38. The van der Waals surface area contributed by atoms with E-state index in [1.165, 1.54) is 6.92 Å². The lowest BCUT2D eigenvalue weighted by Crippen LogP contribution is -2.04. The van der Waals surface area contributed by atoms with Gasteiger partial charge in [-0.15, -0.1) is 11.3 Å². The molecule has 1 amide bonds. The quantitative estimate of drug-likeness (QED) is 0.909. The van der Waals surface area contributed by atoms with Crippen LogP contribution in [0.25, 0.3) is 11.3 Å². The summed E-state index contributed by atoms with van der Waals surface area (Å²) in [4.78, 5) is 26.8. The second-order valence-corrected chi connectivity index (χ2v) is 5.57. The molecule has 1 heterocycles. The summed E-state index contributed by atoms with van der Waals surface area (Å²) >= 11 is 6.99. The lowest BCUT2D eigenvalue weighted by Gasteiger charge is -2.00. The van der Waals surface area contributed by atoms with Crippen molar-refractivity contribution < 1.29 is 14.7 Å². The minimum Gasteiger partial charge on any atom is -0.481 e. The molecule has 2 rings (SSSR count). The first-order valence-electron chi connectivity index (χ1n) is 5.70. The Morgan fingerprint density at radius 2 is 2.00 bits per heavy atom. The van der Waals surface area contributed by atoms with Crippen LogP contribution in [-0.4, -0.2) is 22.0 Å². The van der Waals surface area contributed by atoms with E-state index in [0.29, 0.717) is 20.7 Å². The molecule has 0 fully saturated rings. The monoisotopic (exact) mass is 310 g/mol. The highest BCUT2D eigenvalue weighted by Gasteiger charge is 2.16. The third-order valence-electron chi connectivity index (χ3n) is 2.41. The minimum atomic E-state index is -0.946. The number of aliphatic carboxylic acids is 1. The van der Waals surface area contributed by atoms with Gasteiger partial charge in [0.15, 0.2) is 5.13 Å². The Kier molecular flexibility index (Phi) is 4.36. The topological polar surface area (TPSA) is 79.3 Å². The maximum Gasteiger partial charge on any atom is 0.308 e. The van der Waals surface area contributed by atoms with Crippen LogP contribution >= 0.6 is 22.9 Å². The van der Waals surface area contributed by atoms with E-state index in [1.54, 1.807) is 24.3 Å². The van der Waals surface area contributed by atoms with Crippen molar-refractivity contribution in [3.8, 4) is 11.3 Å². The van der Waals surface area contributed by atoms with Gasteiger partial charge in [0.1, 0.15) is 0 Å². The predicted octanol–water partition coefficient (Wildman–Crippen LogP) is 3.05. The summed E-state index contributed by atoms with van der Waals surface area (Å²) in [5, 5.41) is 12.5. The van der Waals surface area contributed by atoms with Crippen LogP contribution in [0.1, 0.15) is 11.8 Å². The first-order valence-corrected chi connectivity index (χ1v) is 6.90. The van der Waals surface area contributed by atoms with E-state index in [0.717, 1.165) is 16.9 Å². The summed E-state index contributed by atoms with van der Waals surface area (Å²) in [5.41, 5.74) is 1.32. The number of carboxylic acid groups (broad SMARTS) is 1. The summed E-state index contributed by atoms with van der Waals surface area (Å²) in [6.07, 6.45) is -0.144. The fourth-order valence-electron chi connectivity index (χ4n) is 1.65. The van der Waals surface area contributed by atoms with Crippen molar-refractivity contribution in [1.82, 2.24) is 4.98 Å². The van der Waals surface area contributed by atoms with Gasteiger partial charge in [-0.1, -0.05) is 23.7 Å². The van der Waals surface area contributed by atoms with Crippen molar-refractivity contribution in [3.63, 3.8) is 0 Å². The van der Waals surface area contributed by atoms with Gasteiger partial charge in [-0.3, -0.25) is 9.59 Å². The molecule has 0 atom stereocenters. The maximum absolute atomic E-state index is 11.1. The van der Waals surface area contributed by atoms with Gasteiger partial charge in [0, 0.05) is 22.4 Å². The number of hydrogen-bond acceptors (Lipinski definition) is 4. The Morgan fingerprint density at radius 1 is 1.35 bits per heavy atom. The van der Waals surface area contributed by atoms with Crippen molar-refractivity contribution in [3.05, 3.63) is 34.2 Å². The smallest absolute Gasteiger partial charge is 0.308 e. The number of rotatable bonds is 4. The van der Waals surface area contributed by atoms with Crippen LogP contribution in [0.4, 0.5) is 5.13 Å². The Bertz CT molecular complexity index is 652. The third-order valence-corrected chi connectivity index (χ3v) is 3.63. The van der Waals surface area contributed by atoms with Gasteiger partial charge >= 0.3 is 5.97 Å². The number of amides is 1. The van der Waals surface area contributed by atoms with Crippen LogP contribution < -0.4 is 5.32 Å². The molecule has 5 nitrogen and oxygen atoms in total. The molecule has 2 aromatic rings. The van der Waals surface area contributed by atoms with E-state index in [1.807, 2.05) is 0 Å². The average Bonchev–Trinajstić information content (AvgIpc) is 2.71. The van der Waals surface area contributed by atoms with E-state index < -0.39 is 5.97 Å². The van der Waals surface area contributed by atoms with Gasteiger partial charge < -0.3 is 10.4 Å². The molecule has 0 spiro atoms. The largest absolute Gasteiger partial charge is 0.481 e. The molecule has 0 aliphatic carbocycles. The Labute approximate surface area is 124 Å². The highest BCUT2D eigenvalue weighted by molar-refractivity contribution is 7.16. The van der Waals surface area contributed by atoms with Crippen LogP contribution in [0, 0.1) is 0 Å². The van der Waals surface area contributed by atoms with Crippen LogP contribution in [0.15, 0.2) is 24.3 Å². The normalized spacial score (nSPS) is 10.3. The number of halogens is 1. The van der Waals surface area contributed by atoms with Crippen LogP contribution in [0.2, 0.25) is 5.02 Å². The van der Waals surface area contributed by atoms with Gasteiger partial charge in [0.25, 0.3) is 0 Å². The van der Waals surface area contributed by atoms with Crippen LogP contribution in [0.5, 0.6) is 0 Å². The van der Waals surface area contributed by atoms with Crippen molar-refractivity contribution >= 4 is 39.9 Å². The molecule has 0 saturated carbocycles. The number of nitrogens with one attached hydrogen (secondary N) is 1. The summed E-state index contributed by atoms with van der Waals surface area (Å²) in [5.74, 6) is -1.19. The zero-order chi connectivity index (χ0) is 14.7. The molecule has 0 saturated heterocycles. The van der Waals surface area contributed by atoms with Crippen molar-refractivity contribution in [2.24, 2.45) is 0 Å². The van der Waals surface area contributed by atoms with Gasteiger partial charge in [0.05, 0.1) is 12.1 Å². The number of carbonyl (C=O) groups is 2. The summed E-state index contributed by atoms with van der Waals surface area (Å²) in [6, 6.07) is 6.94. The van der Waals surface area contributed by atoms with E-state index in [2.05, 4.69) is 10.3 Å². The molecular weight excluding hydrogens is 300 g/mol. The lowest BCUT2D eigenvalue weighted by molar-refractivity contribution is -0.136. The third kappa shape index (κ3) is 3.55. The second kappa shape index (κ2) is 6.02. The standard InChI is InChI=1S/C13H11ClN2O3S/c1-7(17)15-13-16-12(10(20-13)6-11(18)19)8-2-4-9(14)5-3-8/h2-5H,6H2,1H3,(H,18,19)(H,15,16,17). The van der Waals surface area contributed by atoms with Gasteiger partial charge in [-0.05, 0) is 12.1 Å². The molecule has 0 unspecified atom stereocenters. The SMILES string of the molecule is CC(=O)Nc1nc(-c2ccc(Cl)cc2)c(CC(=O)O)s1. The number of aromatic nitrogens is 1. The average molecular weight is 311 g/mol. The predicted molar refractivity (Wildman–Crippen MR) is 78.2 cm³/mol. The first-order chi connectivity index (χ1) is 9.45. The van der Waals surface area contributed by atoms with E-state index in [-0.39, 0.29) is 12.3 Å². The number of benzene rings is 1. The number of anilines is 1. The van der Waals surface area contributed by atoms with Gasteiger partial charge in [0.2, 0.25) is 5.91 Å². The van der Waals surface area contributed by atoms with Crippen LogP contribution in [0.3, 0.4) is 0 Å². The van der Waals surface area contributed by atoms with Crippen molar-refractivity contribution in [2.75, 3.05) is 5.32 Å². The highest BCUT2D eigenvalue weighted by atomic mass is 35.5. The number of thiazole rings is 1. The first kappa shape index (κ1) is 14.5. The molecular formula is C13H11ClN2O3S. The Morgan fingerprint density at radius 3 is 2.55 bits per heavy atom. The number of nitrogens with zero attached hydrogens (tertiary/aromatic N) is 1. The maximum atomic E-state index is 11.1. The molecule has 20 heavy (non-hydrogen) atoms. The summed E-state index contributed by atoms with van der Waals surface area (Å²) < 4.78 is 0. The molecule has 0 bridgehead atoms. The molecule has 1 aromatic carbocycles. The molecule has 104 valence electrons. The molecule has 1 aromatic heterocycles. The Balaban J connectivity index is 2.43. The van der Waals surface area contributed by atoms with E-state index >= 15 is 0 Å². The van der Waals surface area contributed by atoms with E-state index in [4.69, 9.17) is 16.7 Å². The van der Waals surface area contributed by atoms with Crippen LogP contribution in [-0.2, 0) is 16.0 Å². The number of carbonyl (C=O) groups excluding carboxylic acids is 1. The molecule has 0 aliphatic rings. The van der Waals surface area contributed by atoms with Crippen molar-refractivity contribution in [1.29, 1.82) is 0 Å². The zero-order valence-electron chi connectivity index (χ0n) is 10.5. The highest BCUT2D eigenvalue weighted by Crippen LogP contribution is 2.32. The second-order valence-electron chi connectivity index (χ2n) is 4.05. The number of carboxylic acids is 1. The van der Waals surface area contributed by atoms with Gasteiger partial charge in [-0.2, -0.15) is 0 Å². The number of hydrogen-bond donors (Lipinski definition) is 2.